The molecule has 3 atom stereocenters. The Balaban J connectivity index is 2.03. The van der Waals surface area contributed by atoms with Gasteiger partial charge >= 0.3 is 11.9 Å². The Labute approximate surface area is 190 Å². The quantitative estimate of drug-likeness (QED) is 0.313. The minimum absolute atomic E-state index is 0.239. The lowest BCUT2D eigenvalue weighted by Gasteiger charge is -2.36. The van der Waals surface area contributed by atoms with Crippen molar-refractivity contribution in [2.45, 2.75) is 83.5 Å². The highest BCUT2D eigenvalue weighted by Crippen LogP contribution is 2.24. The highest BCUT2D eigenvalue weighted by molar-refractivity contribution is 5.88. The molecule has 0 saturated carbocycles. The third-order valence-electron chi connectivity index (χ3n) is 5.91. The van der Waals surface area contributed by atoms with Crippen LogP contribution in [0.15, 0.2) is 24.3 Å². The van der Waals surface area contributed by atoms with Gasteiger partial charge in [0.05, 0.1) is 12.6 Å². The molecule has 0 radical (unpaired) electrons. The third-order valence-corrected chi connectivity index (χ3v) is 5.91. The van der Waals surface area contributed by atoms with E-state index in [9.17, 15) is 19.5 Å². The maximum absolute atomic E-state index is 13.2. The van der Waals surface area contributed by atoms with Gasteiger partial charge in [0, 0.05) is 13.0 Å². The molecule has 0 spiro atoms. The highest BCUT2D eigenvalue weighted by Gasteiger charge is 2.37. The van der Waals surface area contributed by atoms with Gasteiger partial charge in [-0.1, -0.05) is 49.9 Å². The van der Waals surface area contributed by atoms with Crippen molar-refractivity contribution in [2.75, 3.05) is 13.2 Å². The number of nitrogens with two attached hydrogens (primary N) is 1. The maximum Gasteiger partial charge on any atom is 0.326 e. The Morgan fingerprint density at radius 2 is 1.81 bits per heavy atom. The second kappa shape index (κ2) is 13.2. The van der Waals surface area contributed by atoms with Crippen LogP contribution in [0.4, 0.5) is 0 Å². The van der Waals surface area contributed by atoms with Crippen molar-refractivity contribution < 1.29 is 24.2 Å². The first-order valence-corrected chi connectivity index (χ1v) is 11.6. The van der Waals surface area contributed by atoms with Gasteiger partial charge in [0.1, 0.15) is 12.1 Å². The predicted octanol–water partition coefficient (Wildman–Crippen LogP) is 2.23. The molecule has 0 fully saturated rings. The van der Waals surface area contributed by atoms with E-state index in [0.29, 0.717) is 13.0 Å². The number of hydrogen-bond acceptors (Lipinski definition) is 6. The summed E-state index contributed by atoms with van der Waals surface area (Å²) in [6.07, 6.45) is 5.75. The second-order valence-corrected chi connectivity index (χ2v) is 8.33. The first kappa shape index (κ1) is 25.8. The first-order valence-electron chi connectivity index (χ1n) is 11.6. The molecule has 1 aromatic rings. The number of rotatable bonds is 13. The Bertz CT molecular complexity index is 770. The van der Waals surface area contributed by atoms with E-state index < -0.39 is 24.1 Å². The van der Waals surface area contributed by atoms with Crippen LogP contribution >= 0.6 is 0 Å². The standard InChI is InChI=1S/C24H37N3O5/c1-3-32-24(31)20(13-7-5-4-6-10-14-25)26-17(2)22(28)27-16-19-12-9-8-11-18(19)15-21(27)23(29)30/h8-9,11-12,17,20-21,26H,3-7,10,13-16,25H2,1-2H3,(H,29,30)/t17-,20-,21-/m0/s1. The molecule has 2 rings (SSSR count). The van der Waals surface area contributed by atoms with Crippen LogP contribution in [0, 0.1) is 0 Å². The normalized spacial score (nSPS) is 17.3. The summed E-state index contributed by atoms with van der Waals surface area (Å²) in [5.41, 5.74) is 7.42. The topological polar surface area (TPSA) is 122 Å². The molecule has 1 amide bonds. The Hall–Kier alpha value is -2.45. The zero-order valence-electron chi connectivity index (χ0n) is 19.2. The van der Waals surface area contributed by atoms with Gasteiger partial charge in [0.15, 0.2) is 0 Å². The van der Waals surface area contributed by atoms with Crippen LogP contribution in [0.2, 0.25) is 0 Å². The van der Waals surface area contributed by atoms with E-state index in [-0.39, 0.29) is 31.4 Å². The average molecular weight is 448 g/mol. The number of unbranched alkanes of at least 4 members (excludes halogenated alkanes) is 4. The molecule has 0 aliphatic carbocycles. The number of amides is 1. The van der Waals surface area contributed by atoms with E-state index in [4.69, 9.17) is 10.5 Å². The summed E-state index contributed by atoms with van der Waals surface area (Å²) >= 11 is 0. The van der Waals surface area contributed by atoms with Crippen molar-refractivity contribution in [3.63, 3.8) is 0 Å². The summed E-state index contributed by atoms with van der Waals surface area (Å²) in [4.78, 5) is 39.0. The van der Waals surface area contributed by atoms with Gasteiger partial charge in [-0.2, -0.15) is 0 Å². The summed E-state index contributed by atoms with van der Waals surface area (Å²) in [5.74, 6) is -1.74. The van der Waals surface area contributed by atoms with Crippen molar-refractivity contribution in [3.8, 4) is 0 Å². The van der Waals surface area contributed by atoms with E-state index in [1.165, 1.54) is 4.90 Å². The zero-order valence-corrected chi connectivity index (χ0v) is 19.2. The van der Waals surface area contributed by atoms with Crippen LogP contribution < -0.4 is 11.1 Å². The fraction of sp³-hybridized carbons (Fsp3) is 0.625. The SMILES string of the molecule is CCOC(=O)[C@H](CCCCCCCN)N[C@@H](C)C(=O)N1Cc2ccccc2C[C@H]1C(=O)O. The largest absolute Gasteiger partial charge is 0.480 e. The molecular formula is C24H37N3O5. The second-order valence-electron chi connectivity index (χ2n) is 8.33. The number of carboxylic acid groups (broad SMARTS) is 1. The minimum atomic E-state index is -1.03. The van der Waals surface area contributed by atoms with E-state index in [1.807, 2.05) is 24.3 Å². The van der Waals surface area contributed by atoms with Gasteiger partial charge in [-0.3, -0.25) is 14.9 Å². The molecule has 4 N–H and O–H groups in total. The molecular weight excluding hydrogens is 410 g/mol. The summed E-state index contributed by atoms with van der Waals surface area (Å²) in [7, 11) is 0. The predicted molar refractivity (Wildman–Crippen MR) is 122 cm³/mol. The Morgan fingerprint density at radius 1 is 1.16 bits per heavy atom. The molecule has 178 valence electrons. The Morgan fingerprint density at radius 3 is 2.47 bits per heavy atom. The summed E-state index contributed by atoms with van der Waals surface area (Å²) in [6, 6.07) is 5.33. The number of ether oxygens (including phenoxy) is 1. The molecule has 32 heavy (non-hydrogen) atoms. The number of esters is 1. The van der Waals surface area contributed by atoms with E-state index in [2.05, 4.69) is 5.32 Å². The van der Waals surface area contributed by atoms with Crippen LogP contribution in [0.5, 0.6) is 0 Å². The molecule has 0 aromatic heterocycles. The van der Waals surface area contributed by atoms with Crippen molar-refractivity contribution >= 4 is 17.8 Å². The highest BCUT2D eigenvalue weighted by atomic mass is 16.5. The molecule has 8 heteroatoms. The number of carboxylic acids is 1. The van der Waals surface area contributed by atoms with Crippen molar-refractivity contribution in [1.82, 2.24) is 10.2 Å². The van der Waals surface area contributed by atoms with Crippen LogP contribution in [0.1, 0.15) is 63.5 Å². The van der Waals surface area contributed by atoms with Crippen molar-refractivity contribution in [1.29, 1.82) is 0 Å². The summed E-state index contributed by atoms with van der Waals surface area (Å²) in [6.45, 7) is 4.61. The van der Waals surface area contributed by atoms with Crippen LogP contribution in [-0.2, 0) is 32.1 Å². The third kappa shape index (κ3) is 7.31. The minimum Gasteiger partial charge on any atom is -0.480 e. The van der Waals surface area contributed by atoms with E-state index >= 15 is 0 Å². The number of aliphatic carboxylic acids is 1. The number of carbonyl (C=O) groups excluding carboxylic acids is 2. The molecule has 0 bridgehead atoms. The lowest BCUT2D eigenvalue weighted by atomic mass is 9.93. The fourth-order valence-corrected chi connectivity index (χ4v) is 4.13. The fourth-order valence-electron chi connectivity index (χ4n) is 4.13. The molecule has 1 aromatic carbocycles. The summed E-state index contributed by atoms with van der Waals surface area (Å²) in [5, 5.41) is 12.8. The molecule has 1 heterocycles. The molecule has 1 aliphatic heterocycles. The molecule has 0 unspecified atom stereocenters. The number of hydrogen-bond donors (Lipinski definition) is 3. The lowest BCUT2D eigenvalue weighted by molar-refractivity contribution is -0.153. The van der Waals surface area contributed by atoms with Gasteiger partial charge < -0.3 is 20.5 Å². The Kier molecular flexibility index (Phi) is 10.6. The smallest absolute Gasteiger partial charge is 0.326 e. The lowest BCUT2D eigenvalue weighted by Crippen LogP contribution is -2.56. The van der Waals surface area contributed by atoms with Gasteiger partial charge in [0.25, 0.3) is 0 Å². The van der Waals surface area contributed by atoms with Crippen LogP contribution in [0.25, 0.3) is 0 Å². The molecule has 8 nitrogen and oxygen atoms in total. The van der Waals surface area contributed by atoms with E-state index in [1.54, 1.807) is 13.8 Å². The van der Waals surface area contributed by atoms with Gasteiger partial charge in [-0.25, -0.2) is 4.79 Å². The first-order chi connectivity index (χ1) is 15.4. The number of carbonyl (C=O) groups is 3. The van der Waals surface area contributed by atoms with Gasteiger partial charge in [-0.15, -0.1) is 0 Å². The van der Waals surface area contributed by atoms with Crippen LogP contribution in [0.3, 0.4) is 0 Å². The number of nitrogens with zero attached hydrogens (tertiary/aromatic N) is 1. The maximum atomic E-state index is 13.2. The van der Waals surface area contributed by atoms with Crippen molar-refractivity contribution in [2.24, 2.45) is 5.73 Å². The monoisotopic (exact) mass is 447 g/mol. The number of fused-ring (bicyclic) bond motifs is 1. The van der Waals surface area contributed by atoms with Gasteiger partial charge in [-0.05, 0) is 44.4 Å². The van der Waals surface area contributed by atoms with Crippen molar-refractivity contribution in [3.05, 3.63) is 35.4 Å². The number of benzene rings is 1. The average Bonchev–Trinajstić information content (AvgIpc) is 2.79. The van der Waals surface area contributed by atoms with Gasteiger partial charge in [0.2, 0.25) is 5.91 Å². The van der Waals surface area contributed by atoms with E-state index in [0.717, 1.165) is 43.2 Å². The summed E-state index contributed by atoms with van der Waals surface area (Å²) < 4.78 is 5.19. The molecule has 1 aliphatic rings. The molecule has 0 saturated heterocycles. The number of nitrogens with one attached hydrogen (secondary N) is 1. The zero-order chi connectivity index (χ0) is 23.5. The van der Waals surface area contributed by atoms with Crippen LogP contribution in [-0.4, -0.2) is 59.1 Å².